The van der Waals surface area contributed by atoms with E-state index in [4.69, 9.17) is 4.99 Å². The molecule has 0 aromatic heterocycles. The highest BCUT2D eigenvalue weighted by Gasteiger charge is 2.28. The molecule has 0 radical (unpaired) electrons. The minimum Gasteiger partial charge on any atom is -0.357 e. The zero-order valence-corrected chi connectivity index (χ0v) is 19.4. The number of aliphatic imine (C=N–C) groups is 1. The molecule has 1 rings (SSSR count). The van der Waals surface area contributed by atoms with Crippen molar-refractivity contribution in [1.29, 1.82) is 0 Å². The first-order valence-electron chi connectivity index (χ1n) is 8.89. The van der Waals surface area contributed by atoms with E-state index in [1.807, 2.05) is 13.0 Å². The van der Waals surface area contributed by atoms with Gasteiger partial charge in [-0.2, -0.15) is 0 Å². The summed E-state index contributed by atoms with van der Waals surface area (Å²) in [6.07, 6.45) is 3.17. The summed E-state index contributed by atoms with van der Waals surface area (Å²) in [6.45, 7) is 8.64. The second-order valence-corrected chi connectivity index (χ2v) is 7.97. The van der Waals surface area contributed by atoms with Crippen molar-refractivity contribution in [2.45, 2.75) is 39.0 Å². The van der Waals surface area contributed by atoms with Gasteiger partial charge in [-0.3, -0.25) is 4.99 Å². The number of hydrogen-bond acceptors (Lipinski definition) is 3. The maximum Gasteiger partial charge on any atom is 0.208 e. The predicted molar refractivity (Wildman–Crippen MR) is 121 cm³/mol. The van der Waals surface area contributed by atoms with Gasteiger partial charge >= 0.3 is 0 Å². The van der Waals surface area contributed by atoms with Crippen molar-refractivity contribution < 1.29 is 8.42 Å². The second-order valence-electron chi connectivity index (χ2n) is 6.14. The zero-order chi connectivity index (χ0) is 18.8. The first-order valence-corrected chi connectivity index (χ1v) is 10.8. The molecule has 0 amide bonds. The molecule has 0 fully saturated rings. The minimum atomic E-state index is -3.16. The lowest BCUT2D eigenvalue weighted by atomic mass is 9.76. The number of guanidine groups is 1. The molecule has 0 saturated heterocycles. The standard InChI is InChI=1S/C18H32N4O2S.HI/c1-5-18(6-2,16-11-9-8-10-12-16)15-21-17(19-7-3)20-13-14-22-25(4,23)24;/h8-12,22H,5-7,13-15H2,1-4H3,(H2,19,20,21);1H. The molecule has 1 aromatic rings. The molecule has 0 aliphatic rings. The summed E-state index contributed by atoms with van der Waals surface area (Å²) in [7, 11) is -3.16. The van der Waals surface area contributed by atoms with Crippen molar-refractivity contribution in [3.05, 3.63) is 35.9 Å². The Labute approximate surface area is 175 Å². The van der Waals surface area contributed by atoms with Crippen LogP contribution in [0, 0.1) is 0 Å². The number of sulfonamides is 1. The van der Waals surface area contributed by atoms with Crippen LogP contribution in [-0.4, -0.2) is 46.8 Å². The monoisotopic (exact) mass is 496 g/mol. The molecule has 0 aliphatic heterocycles. The quantitative estimate of drug-likeness (QED) is 0.201. The van der Waals surface area contributed by atoms with E-state index in [1.165, 1.54) is 5.56 Å². The maximum absolute atomic E-state index is 11.1. The van der Waals surface area contributed by atoms with E-state index in [2.05, 4.69) is 53.5 Å². The smallest absolute Gasteiger partial charge is 0.208 e. The summed E-state index contributed by atoms with van der Waals surface area (Å²) < 4.78 is 24.7. The molecule has 0 bridgehead atoms. The van der Waals surface area contributed by atoms with Crippen LogP contribution in [0.4, 0.5) is 0 Å². The Morgan fingerprint density at radius 3 is 2.15 bits per heavy atom. The third-order valence-corrected chi connectivity index (χ3v) is 5.13. The van der Waals surface area contributed by atoms with Gasteiger partial charge in [-0.1, -0.05) is 44.2 Å². The molecule has 8 heteroatoms. The molecule has 26 heavy (non-hydrogen) atoms. The van der Waals surface area contributed by atoms with E-state index < -0.39 is 10.0 Å². The summed E-state index contributed by atoms with van der Waals surface area (Å²) in [5.74, 6) is 0.708. The number of rotatable bonds is 10. The van der Waals surface area contributed by atoms with Gasteiger partial charge in [0.15, 0.2) is 5.96 Å². The number of nitrogens with one attached hydrogen (secondary N) is 3. The van der Waals surface area contributed by atoms with Crippen molar-refractivity contribution in [2.24, 2.45) is 4.99 Å². The number of halogens is 1. The first-order chi connectivity index (χ1) is 11.9. The molecular formula is C18H33IN4O2S. The molecule has 0 heterocycles. The fraction of sp³-hybridized carbons (Fsp3) is 0.611. The van der Waals surface area contributed by atoms with Crippen molar-refractivity contribution >= 4 is 40.0 Å². The normalized spacial score (nSPS) is 12.4. The highest BCUT2D eigenvalue weighted by atomic mass is 127. The van der Waals surface area contributed by atoms with Gasteiger partial charge in [0.25, 0.3) is 0 Å². The van der Waals surface area contributed by atoms with Crippen molar-refractivity contribution in [3.8, 4) is 0 Å². The third-order valence-electron chi connectivity index (χ3n) is 4.41. The van der Waals surface area contributed by atoms with E-state index in [1.54, 1.807) is 0 Å². The van der Waals surface area contributed by atoms with Crippen LogP contribution in [0.5, 0.6) is 0 Å². The molecule has 0 saturated carbocycles. The van der Waals surface area contributed by atoms with E-state index in [0.29, 0.717) is 25.6 Å². The van der Waals surface area contributed by atoms with Gasteiger partial charge in [0, 0.05) is 25.0 Å². The van der Waals surface area contributed by atoms with Crippen LogP contribution in [0.15, 0.2) is 35.3 Å². The van der Waals surface area contributed by atoms with Gasteiger partial charge in [0.1, 0.15) is 0 Å². The van der Waals surface area contributed by atoms with Crippen molar-refractivity contribution in [1.82, 2.24) is 15.4 Å². The van der Waals surface area contributed by atoms with Crippen LogP contribution >= 0.6 is 24.0 Å². The molecular weight excluding hydrogens is 463 g/mol. The summed E-state index contributed by atoms with van der Waals surface area (Å²) in [5.41, 5.74) is 1.31. The molecule has 6 nitrogen and oxygen atoms in total. The van der Waals surface area contributed by atoms with E-state index in [0.717, 1.165) is 25.6 Å². The number of hydrogen-bond donors (Lipinski definition) is 3. The molecule has 0 unspecified atom stereocenters. The highest BCUT2D eigenvalue weighted by Crippen LogP contribution is 2.31. The Morgan fingerprint density at radius 2 is 1.65 bits per heavy atom. The lowest BCUT2D eigenvalue weighted by Gasteiger charge is -2.31. The van der Waals surface area contributed by atoms with Crippen molar-refractivity contribution in [2.75, 3.05) is 32.4 Å². The Bertz CT molecular complexity index is 632. The predicted octanol–water partition coefficient (Wildman–Crippen LogP) is 2.47. The lowest BCUT2D eigenvalue weighted by Crippen LogP contribution is -2.42. The molecule has 3 N–H and O–H groups in total. The SMILES string of the molecule is CCNC(=NCC(CC)(CC)c1ccccc1)NCCNS(C)(=O)=O.I. The van der Waals surface area contributed by atoms with Crippen LogP contribution in [0.2, 0.25) is 0 Å². The third kappa shape index (κ3) is 8.68. The van der Waals surface area contributed by atoms with E-state index >= 15 is 0 Å². The zero-order valence-electron chi connectivity index (χ0n) is 16.2. The van der Waals surface area contributed by atoms with E-state index in [9.17, 15) is 8.42 Å². The van der Waals surface area contributed by atoms with Crippen LogP contribution in [0.1, 0.15) is 39.2 Å². The van der Waals surface area contributed by atoms with Crippen LogP contribution in [0.3, 0.4) is 0 Å². The van der Waals surface area contributed by atoms with Gasteiger partial charge in [0.05, 0.1) is 12.8 Å². The minimum absolute atomic E-state index is 0. The first kappa shape index (κ1) is 25.1. The van der Waals surface area contributed by atoms with Crippen LogP contribution in [-0.2, 0) is 15.4 Å². The Morgan fingerprint density at radius 1 is 1.04 bits per heavy atom. The Balaban J connectivity index is 0.00000625. The van der Waals surface area contributed by atoms with Gasteiger partial charge < -0.3 is 10.6 Å². The molecule has 0 spiro atoms. The van der Waals surface area contributed by atoms with Crippen molar-refractivity contribution in [3.63, 3.8) is 0 Å². The van der Waals surface area contributed by atoms with Gasteiger partial charge in [0.2, 0.25) is 10.0 Å². The summed E-state index contributed by atoms with van der Waals surface area (Å²) >= 11 is 0. The largest absolute Gasteiger partial charge is 0.357 e. The lowest BCUT2D eigenvalue weighted by molar-refractivity contribution is 0.407. The maximum atomic E-state index is 11.1. The summed E-state index contributed by atoms with van der Waals surface area (Å²) in [4.78, 5) is 4.76. The fourth-order valence-corrected chi connectivity index (χ4v) is 3.23. The van der Waals surface area contributed by atoms with Crippen LogP contribution < -0.4 is 15.4 Å². The molecule has 0 atom stereocenters. The topological polar surface area (TPSA) is 82.6 Å². The fourth-order valence-electron chi connectivity index (χ4n) is 2.75. The number of nitrogens with zero attached hydrogens (tertiary/aromatic N) is 1. The molecule has 1 aromatic carbocycles. The Hall–Kier alpha value is -0.870. The van der Waals surface area contributed by atoms with Gasteiger partial charge in [-0.25, -0.2) is 13.1 Å². The average Bonchev–Trinajstić information content (AvgIpc) is 2.60. The second kappa shape index (κ2) is 12.5. The molecule has 150 valence electrons. The number of benzene rings is 1. The van der Waals surface area contributed by atoms with Crippen LogP contribution in [0.25, 0.3) is 0 Å². The average molecular weight is 496 g/mol. The van der Waals surface area contributed by atoms with Gasteiger partial charge in [-0.15, -0.1) is 24.0 Å². The Kier molecular flexibility index (Phi) is 12.1. The van der Waals surface area contributed by atoms with Gasteiger partial charge in [-0.05, 0) is 25.3 Å². The molecule has 0 aliphatic carbocycles. The summed E-state index contributed by atoms with van der Waals surface area (Å²) in [5, 5.41) is 6.39. The summed E-state index contributed by atoms with van der Waals surface area (Å²) in [6, 6.07) is 10.5. The highest BCUT2D eigenvalue weighted by molar-refractivity contribution is 14.0. The van der Waals surface area contributed by atoms with E-state index in [-0.39, 0.29) is 29.4 Å².